The predicted octanol–water partition coefficient (Wildman–Crippen LogP) is 6.27. The number of ether oxygens (including phenoxy) is 1. The van der Waals surface area contributed by atoms with Gasteiger partial charge in [-0.2, -0.15) is 4.31 Å². The first-order valence-corrected chi connectivity index (χ1v) is 17.4. The lowest BCUT2D eigenvalue weighted by Gasteiger charge is -2.36. The van der Waals surface area contributed by atoms with E-state index in [1.54, 1.807) is 30.6 Å². The Morgan fingerprint density at radius 2 is 1.87 bits per heavy atom. The lowest BCUT2D eigenvalue weighted by molar-refractivity contribution is -0.124. The van der Waals surface area contributed by atoms with Crippen molar-refractivity contribution in [1.82, 2.24) is 14.3 Å². The van der Waals surface area contributed by atoms with Crippen LogP contribution in [0.15, 0.2) is 78.1 Å². The third kappa shape index (κ3) is 6.82. The lowest BCUT2D eigenvalue weighted by atomic mass is 9.69. The normalized spacial score (nSPS) is 16.8. The zero-order chi connectivity index (χ0) is 33.9. The number of amides is 1. The molecule has 10 nitrogen and oxygen atoms in total. The molecule has 3 heterocycles. The SMILES string of the molecule is CCNc1ccc([C@@H](c2ccc(C)c(CN3C[C@@H](CC)Oc4ncccc4S3(=O)=O)c2)C(C)(C)C(=O)Nc2cccnc2)c(C)c1N. The van der Waals surface area contributed by atoms with Crippen LogP contribution >= 0.6 is 0 Å². The van der Waals surface area contributed by atoms with E-state index in [0.29, 0.717) is 17.8 Å². The van der Waals surface area contributed by atoms with E-state index in [1.807, 2.05) is 71.9 Å². The van der Waals surface area contributed by atoms with E-state index in [1.165, 1.54) is 16.6 Å². The van der Waals surface area contributed by atoms with Crippen LogP contribution in [0.3, 0.4) is 0 Å². The number of carbonyl (C=O) groups excluding carboxylic acids is 1. The van der Waals surface area contributed by atoms with Crippen molar-refractivity contribution in [3.05, 3.63) is 101 Å². The van der Waals surface area contributed by atoms with Gasteiger partial charge in [0.2, 0.25) is 21.8 Å². The van der Waals surface area contributed by atoms with Crippen molar-refractivity contribution in [3.8, 4) is 5.88 Å². The van der Waals surface area contributed by atoms with E-state index < -0.39 is 21.4 Å². The molecule has 4 aromatic rings. The molecular formula is C36H44N6O4S. The molecule has 0 bridgehead atoms. The second-order valence-electron chi connectivity index (χ2n) is 12.6. The summed E-state index contributed by atoms with van der Waals surface area (Å²) in [4.78, 5) is 22.5. The van der Waals surface area contributed by atoms with Crippen LogP contribution in [0, 0.1) is 19.3 Å². The fourth-order valence-electron chi connectivity index (χ4n) is 6.16. The maximum absolute atomic E-state index is 14.1. The molecule has 1 aliphatic rings. The Labute approximate surface area is 277 Å². The number of sulfonamides is 1. The maximum Gasteiger partial charge on any atom is 0.248 e. The zero-order valence-corrected chi connectivity index (χ0v) is 28.7. The molecule has 0 unspecified atom stereocenters. The number of fused-ring (bicyclic) bond motifs is 1. The topological polar surface area (TPSA) is 140 Å². The Morgan fingerprint density at radius 1 is 1.11 bits per heavy atom. The van der Waals surface area contributed by atoms with E-state index in [2.05, 4.69) is 20.6 Å². The highest BCUT2D eigenvalue weighted by molar-refractivity contribution is 7.89. The summed E-state index contributed by atoms with van der Waals surface area (Å²) < 4.78 is 35.4. The van der Waals surface area contributed by atoms with Crippen molar-refractivity contribution in [3.63, 3.8) is 0 Å². The smallest absolute Gasteiger partial charge is 0.248 e. The van der Waals surface area contributed by atoms with Gasteiger partial charge >= 0.3 is 0 Å². The fraction of sp³-hybridized carbons (Fsp3) is 0.361. The summed E-state index contributed by atoms with van der Waals surface area (Å²) in [5, 5.41) is 6.36. The summed E-state index contributed by atoms with van der Waals surface area (Å²) in [6.45, 7) is 12.8. The number of nitrogens with two attached hydrogens (primary N) is 1. The maximum atomic E-state index is 14.1. The molecule has 2 atom stereocenters. The average molecular weight is 657 g/mol. The monoisotopic (exact) mass is 656 g/mol. The highest BCUT2D eigenvalue weighted by atomic mass is 32.2. The Morgan fingerprint density at radius 3 is 2.57 bits per heavy atom. The van der Waals surface area contributed by atoms with Crippen LogP contribution in [-0.4, -0.2) is 47.8 Å². The summed E-state index contributed by atoms with van der Waals surface area (Å²) in [6, 6.07) is 16.7. The van der Waals surface area contributed by atoms with E-state index in [-0.39, 0.29) is 35.9 Å². The number of nitrogen functional groups attached to an aromatic ring is 1. The molecular weight excluding hydrogens is 613 g/mol. The molecule has 5 rings (SSSR count). The number of aromatic nitrogens is 2. The molecule has 0 fully saturated rings. The minimum atomic E-state index is -3.91. The zero-order valence-electron chi connectivity index (χ0n) is 27.9. The third-order valence-corrected chi connectivity index (χ3v) is 10.8. The van der Waals surface area contributed by atoms with Gasteiger partial charge in [0.05, 0.1) is 35.2 Å². The van der Waals surface area contributed by atoms with Gasteiger partial charge < -0.3 is 21.1 Å². The summed E-state index contributed by atoms with van der Waals surface area (Å²) in [6.07, 6.45) is 5.07. The predicted molar refractivity (Wildman–Crippen MR) is 186 cm³/mol. The highest BCUT2D eigenvalue weighted by Crippen LogP contribution is 2.45. The average Bonchev–Trinajstić information content (AvgIpc) is 3.15. The van der Waals surface area contributed by atoms with Gasteiger partial charge in [-0.15, -0.1) is 0 Å². The van der Waals surface area contributed by atoms with Gasteiger partial charge in [0.1, 0.15) is 11.0 Å². The minimum absolute atomic E-state index is 0.0581. The number of carbonyl (C=O) groups is 1. The van der Waals surface area contributed by atoms with Gasteiger partial charge in [-0.05, 0) is 85.3 Å². The Hall–Kier alpha value is -4.48. The van der Waals surface area contributed by atoms with Crippen LogP contribution in [0.2, 0.25) is 0 Å². The van der Waals surface area contributed by atoms with E-state index in [9.17, 15) is 13.2 Å². The molecule has 0 spiro atoms. The van der Waals surface area contributed by atoms with E-state index >= 15 is 0 Å². The first-order valence-electron chi connectivity index (χ1n) is 15.9. The molecule has 11 heteroatoms. The van der Waals surface area contributed by atoms with Gasteiger partial charge in [0.25, 0.3) is 0 Å². The molecule has 0 saturated carbocycles. The number of nitrogens with zero attached hydrogens (tertiary/aromatic N) is 3. The number of hydrogen-bond acceptors (Lipinski definition) is 8. The van der Waals surface area contributed by atoms with E-state index in [4.69, 9.17) is 10.5 Å². The molecule has 248 valence electrons. The number of aryl methyl sites for hydroxylation is 1. The first-order chi connectivity index (χ1) is 22.4. The second-order valence-corrected chi connectivity index (χ2v) is 14.5. The fourth-order valence-corrected chi connectivity index (χ4v) is 7.68. The van der Waals surface area contributed by atoms with E-state index in [0.717, 1.165) is 40.0 Å². The van der Waals surface area contributed by atoms with Crippen molar-refractivity contribution in [2.75, 3.05) is 29.5 Å². The number of anilines is 3. The van der Waals surface area contributed by atoms with Crippen LogP contribution in [0.25, 0.3) is 0 Å². The van der Waals surface area contributed by atoms with Gasteiger partial charge in [-0.3, -0.25) is 9.78 Å². The number of hydrogen-bond donors (Lipinski definition) is 3. The molecule has 47 heavy (non-hydrogen) atoms. The Kier molecular flexibility index (Phi) is 9.88. The molecule has 2 aromatic carbocycles. The molecule has 0 saturated heterocycles. The molecule has 4 N–H and O–H groups in total. The third-order valence-electron chi connectivity index (χ3n) is 9.01. The summed E-state index contributed by atoms with van der Waals surface area (Å²) in [5.74, 6) is -0.495. The largest absolute Gasteiger partial charge is 0.472 e. The number of nitrogens with one attached hydrogen (secondary N) is 2. The molecule has 1 amide bonds. The second kappa shape index (κ2) is 13.7. The van der Waals surface area contributed by atoms with Crippen LogP contribution in [-0.2, 0) is 21.4 Å². The van der Waals surface area contributed by atoms with Gasteiger partial charge in [0.15, 0.2) is 0 Å². The van der Waals surface area contributed by atoms with Gasteiger partial charge in [-0.25, -0.2) is 13.4 Å². The van der Waals surface area contributed by atoms with Crippen molar-refractivity contribution in [2.24, 2.45) is 5.41 Å². The Bertz CT molecular complexity index is 1860. The molecule has 0 radical (unpaired) electrons. The van der Waals surface area contributed by atoms with Crippen molar-refractivity contribution in [1.29, 1.82) is 0 Å². The summed E-state index contributed by atoms with van der Waals surface area (Å²) in [7, 11) is -3.91. The quantitative estimate of drug-likeness (QED) is 0.170. The molecule has 0 aliphatic carbocycles. The van der Waals surface area contributed by atoms with Gasteiger partial charge in [0, 0.05) is 31.4 Å². The van der Waals surface area contributed by atoms with Crippen LogP contribution < -0.4 is 21.1 Å². The minimum Gasteiger partial charge on any atom is -0.472 e. The number of pyridine rings is 2. The summed E-state index contributed by atoms with van der Waals surface area (Å²) in [5.41, 5.74) is 12.2. The lowest BCUT2D eigenvalue weighted by Crippen LogP contribution is -2.38. The summed E-state index contributed by atoms with van der Waals surface area (Å²) >= 11 is 0. The van der Waals surface area contributed by atoms with Crippen LogP contribution in [0.5, 0.6) is 5.88 Å². The van der Waals surface area contributed by atoms with Crippen LogP contribution in [0.4, 0.5) is 17.1 Å². The Balaban J connectivity index is 1.61. The van der Waals surface area contributed by atoms with Crippen molar-refractivity contribution >= 4 is 33.0 Å². The molecule has 1 aliphatic heterocycles. The van der Waals surface area contributed by atoms with Crippen molar-refractivity contribution in [2.45, 2.75) is 71.4 Å². The first kappa shape index (κ1) is 33.9. The van der Waals surface area contributed by atoms with Crippen LogP contribution in [0.1, 0.15) is 67.9 Å². The standard InChI is InChI=1S/C36H44N6O4S/c1-7-28-22-42(47(44,45)31-12-10-18-40-34(31)46-28)21-26-19-25(14-13-23(26)3)32(29-15-16-30(39-8-2)33(37)24(29)4)36(5,6)35(43)41-27-11-9-17-38-20-27/h9-20,28,32,39H,7-8,21-22,37H2,1-6H3,(H,41,43)/t28-,32-/m1/s1. The van der Waals surface area contributed by atoms with Crippen molar-refractivity contribution < 1.29 is 17.9 Å². The highest BCUT2D eigenvalue weighted by Gasteiger charge is 2.41. The molecule has 2 aromatic heterocycles. The number of benzene rings is 2. The number of rotatable bonds is 10. The van der Waals surface area contributed by atoms with Gasteiger partial charge in [-0.1, -0.05) is 45.0 Å².